The van der Waals surface area contributed by atoms with E-state index in [1.807, 2.05) is 35.2 Å². The van der Waals surface area contributed by atoms with E-state index < -0.39 is 6.10 Å². The maximum Gasteiger partial charge on any atom is 0.281 e. The van der Waals surface area contributed by atoms with Crippen LogP contribution < -0.4 is 0 Å². The number of nitrogens with zero attached hydrogens (tertiary/aromatic N) is 2. The Hall–Kier alpha value is -1.50. The van der Waals surface area contributed by atoms with Crippen LogP contribution in [0.4, 0.5) is 0 Å². The standard InChI is InChI=1S/C15H20N2O3S/c1-16(11-13(18)12-5-3-2-4-6-12)14(19)15(21)17-7-9-20-10-8-17/h2-6,13,18H,7-11H2,1H3. The lowest BCUT2D eigenvalue weighted by atomic mass is 10.1. The van der Waals surface area contributed by atoms with Gasteiger partial charge in [0.2, 0.25) is 0 Å². The molecule has 1 unspecified atom stereocenters. The number of hydrogen-bond donors (Lipinski definition) is 1. The van der Waals surface area contributed by atoms with Gasteiger partial charge in [-0.2, -0.15) is 0 Å². The number of aliphatic hydroxyl groups is 1. The number of ether oxygens (including phenoxy) is 1. The highest BCUT2D eigenvalue weighted by molar-refractivity contribution is 7.81. The lowest BCUT2D eigenvalue weighted by Crippen LogP contribution is -2.48. The van der Waals surface area contributed by atoms with Gasteiger partial charge >= 0.3 is 0 Å². The van der Waals surface area contributed by atoms with Crippen molar-refractivity contribution in [1.29, 1.82) is 0 Å². The largest absolute Gasteiger partial charge is 0.387 e. The highest BCUT2D eigenvalue weighted by Gasteiger charge is 2.24. The number of amides is 1. The van der Waals surface area contributed by atoms with Gasteiger partial charge in [-0.25, -0.2) is 0 Å². The molecule has 0 saturated carbocycles. The van der Waals surface area contributed by atoms with Crippen LogP contribution in [0, 0.1) is 0 Å². The minimum atomic E-state index is -0.715. The van der Waals surface area contributed by atoms with Crippen molar-refractivity contribution >= 4 is 23.1 Å². The molecule has 0 bridgehead atoms. The summed E-state index contributed by atoms with van der Waals surface area (Å²) in [4.78, 5) is 15.9. The minimum Gasteiger partial charge on any atom is -0.387 e. The van der Waals surface area contributed by atoms with Crippen molar-refractivity contribution in [2.75, 3.05) is 39.9 Å². The zero-order valence-corrected chi connectivity index (χ0v) is 12.9. The zero-order chi connectivity index (χ0) is 15.2. The van der Waals surface area contributed by atoms with Gasteiger partial charge in [0, 0.05) is 20.1 Å². The molecule has 1 aliphatic heterocycles. The molecule has 6 heteroatoms. The first-order valence-corrected chi connectivity index (χ1v) is 7.35. The Morgan fingerprint density at radius 1 is 1.38 bits per heavy atom. The molecule has 1 N–H and O–H groups in total. The average Bonchev–Trinajstić information content (AvgIpc) is 2.55. The number of hydrogen-bond acceptors (Lipinski definition) is 4. The summed E-state index contributed by atoms with van der Waals surface area (Å²) < 4.78 is 5.25. The van der Waals surface area contributed by atoms with Crippen LogP contribution >= 0.6 is 12.2 Å². The fraction of sp³-hybridized carbons (Fsp3) is 0.467. The summed E-state index contributed by atoms with van der Waals surface area (Å²) in [6.07, 6.45) is -0.715. The molecule has 1 aromatic rings. The third-order valence-electron chi connectivity index (χ3n) is 3.46. The Bertz CT molecular complexity index is 489. The smallest absolute Gasteiger partial charge is 0.281 e. The van der Waals surface area contributed by atoms with Gasteiger partial charge in [-0.15, -0.1) is 0 Å². The van der Waals surface area contributed by atoms with E-state index in [0.717, 1.165) is 5.56 Å². The van der Waals surface area contributed by atoms with Crippen molar-refractivity contribution in [3.63, 3.8) is 0 Å². The van der Waals surface area contributed by atoms with Crippen LogP contribution in [0.25, 0.3) is 0 Å². The number of likely N-dealkylation sites (N-methyl/N-ethyl adjacent to an activating group) is 1. The molecule has 114 valence electrons. The van der Waals surface area contributed by atoms with Crippen LogP contribution in [0.15, 0.2) is 30.3 Å². The molecular weight excluding hydrogens is 288 g/mol. The van der Waals surface area contributed by atoms with Gasteiger partial charge in [0.15, 0.2) is 4.99 Å². The van der Waals surface area contributed by atoms with E-state index in [0.29, 0.717) is 31.3 Å². The van der Waals surface area contributed by atoms with E-state index >= 15 is 0 Å². The molecule has 2 rings (SSSR count). The first-order valence-electron chi connectivity index (χ1n) is 6.94. The normalized spacial score (nSPS) is 16.4. The number of rotatable bonds is 3. The summed E-state index contributed by atoms with van der Waals surface area (Å²) in [6.45, 7) is 2.67. The summed E-state index contributed by atoms with van der Waals surface area (Å²) in [5.41, 5.74) is 0.787. The Morgan fingerprint density at radius 2 is 2.00 bits per heavy atom. The Morgan fingerprint density at radius 3 is 2.62 bits per heavy atom. The van der Waals surface area contributed by atoms with E-state index in [-0.39, 0.29) is 12.5 Å². The SMILES string of the molecule is CN(CC(O)c1ccccc1)C(=O)C(=S)N1CCOCC1. The highest BCUT2D eigenvalue weighted by Crippen LogP contribution is 2.13. The van der Waals surface area contributed by atoms with Crippen molar-refractivity contribution in [1.82, 2.24) is 9.80 Å². The molecular formula is C15H20N2O3S. The summed E-state index contributed by atoms with van der Waals surface area (Å²) in [6, 6.07) is 9.28. The molecule has 0 aliphatic carbocycles. The average molecular weight is 308 g/mol. The van der Waals surface area contributed by atoms with Gasteiger partial charge in [-0.1, -0.05) is 42.5 Å². The monoisotopic (exact) mass is 308 g/mol. The fourth-order valence-corrected chi connectivity index (χ4v) is 2.53. The molecule has 1 atom stereocenters. The van der Waals surface area contributed by atoms with Crippen molar-refractivity contribution in [3.05, 3.63) is 35.9 Å². The van der Waals surface area contributed by atoms with Crippen molar-refractivity contribution in [2.24, 2.45) is 0 Å². The molecule has 1 heterocycles. The molecule has 1 amide bonds. The summed E-state index contributed by atoms with van der Waals surface area (Å²) in [5, 5.41) is 10.2. The fourth-order valence-electron chi connectivity index (χ4n) is 2.19. The van der Waals surface area contributed by atoms with Crippen LogP contribution in [0.2, 0.25) is 0 Å². The van der Waals surface area contributed by atoms with E-state index in [9.17, 15) is 9.90 Å². The van der Waals surface area contributed by atoms with Crippen LogP contribution in [-0.4, -0.2) is 65.7 Å². The van der Waals surface area contributed by atoms with Gasteiger partial charge < -0.3 is 19.6 Å². The third kappa shape index (κ3) is 4.23. The Kier molecular flexibility index (Phi) is 5.67. The number of morpholine rings is 1. The number of thiocarbonyl (C=S) groups is 1. The van der Waals surface area contributed by atoms with Gasteiger partial charge in [0.1, 0.15) is 0 Å². The van der Waals surface area contributed by atoms with Gasteiger partial charge in [-0.3, -0.25) is 4.79 Å². The molecule has 1 aliphatic rings. The summed E-state index contributed by atoms with van der Waals surface area (Å²) in [7, 11) is 1.65. The predicted molar refractivity (Wildman–Crippen MR) is 84.0 cm³/mol. The lowest BCUT2D eigenvalue weighted by Gasteiger charge is -2.30. The molecule has 1 aromatic carbocycles. The molecule has 5 nitrogen and oxygen atoms in total. The minimum absolute atomic E-state index is 0.216. The van der Waals surface area contributed by atoms with Crippen molar-refractivity contribution in [2.45, 2.75) is 6.10 Å². The highest BCUT2D eigenvalue weighted by atomic mass is 32.1. The number of benzene rings is 1. The van der Waals surface area contributed by atoms with Crippen molar-refractivity contribution < 1.29 is 14.6 Å². The second-order valence-electron chi connectivity index (χ2n) is 5.02. The second kappa shape index (κ2) is 7.49. The molecule has 1 saturated heterocycles. The molecule has 21 heavy (non-hydrogen) atoms. The van der Waals surface area contributed by atoms with E-state index in [4.69, 9.17) is 17.0 Å². The first kappa shape index (κ1) is 15.9. The van der Waals surface area contributed by atoms with Crippen LogP contribution in [-0.2, 0) is 9.53 Å². The third-order valence-corrected chi connectivity index (χ3v) is 3.89. The van der Waals surface area contributed by atoms with Gasteiger partial charge in [-0.05, 0) is 5.56 Å². The number of carbonyl (C=O) groups excluding carboxylic acids is 1. The number of aliphatic hydroxyl groups excluding tert-OH is 1. The van der Waals surface area contributed by atoms with Gasteiger partial charge in [0.25, 0.3) is 5.91 Å². The zero-order valence-electron chi connectivity index (χ0n) is 12.1. The molecule has 0 spiro atoms. The lowest BCUT2D eigenvalue weighted by molar-refractivity contribution is -0.124. The topological polar surface area (TPSA) is 53.0 Å². The van der Waals surface area contributed by atoms with E-state index in [1.54, 1.807) is 7.05 Å². The molecule has 0 radical (unpaired) electrons. The second-order valence-corrected chi connectivity index (χ2v) is 5.40. The van der Waals surface area contributed by atoms with E-state index in [1.165, 1.54) is 4.90 Å². The van der Waals surface area contributed by atoms with E-state index in [2.05, 4.69) is 0 Å². The summed E-state index contributed by atoms with van der Waals surface area (Å²) in [5.74, 6) is -0.234. The van der Waals surface area contributed by atoms with Crippen LogP contribution in [0.5, 0.6) is 0 Å². The van der Waals surface area contributed by atoms with Crippen LogP contribution in [0.1, 0.15) is 11.7 Å². The number of carbonyl (C=O) groups is 1. The quantitative estimate of drug-likeness (QED) is 0.839. The maximum absolute atomic E-state index is 12.3. The van der Waals surface area contributed by atoms with Crippen LogP contribution in [0.3, 0.4) is 0 Å². The van der Waals surface area contributed by atoms with Gasteiger partial charge in [0.05, 0.1) is 25.9 Å². The Balaban J connectivity index is 1.91. The molecule has 1 fully saturated rings. The summed E-state index contributed by atoms with van der Waals surface area (Å²) >= 11 is 5.24. The predicted octanol–water partition coefficient (Wildman–Crippen LogP) is 0.838. The first-order chi connectivity index (χ1) is 10.1. The maximum atomic E-state index is 12.3. The Labute approximate surface area is 130 Å². The molecule has 0 aromatic heterocycles. The van der Waals surface area contributed by atoms with Crippen molar-refractivity contribution in [3.8, 4) is 0 Å².